The van der Waals surface area contributed by atoms with Gasteiger partial charge in [-0.1, -0.05) is 12.1 Å². The number of guanidine groups is 1. The van der Waals surface area contributed by atoms with E-state index >= 15 is 0 Å². The number of thiophene rings is 2. The molecule has 2 unspecified atom stereocenters. The van der Waals surface area contributed by atoms with Gasteiger partial charge in [-0.3, -0.25) is 4.90 Å². The molecule has 1 fully saturated rings. The van der Waals surface area contributed by atoms with Crippen LogP contribution in [0.1, 0.15) is 29.6 Å². The van der Waals surface area contributed by atoms with Crippen LogP contribution in [0.15, 0.2) is 40.0 Å². The maximum atomic E-state index is 5.73. The average molecular weight is 393 g/mol. The first-order valence-corrected chi connectivity index (χ1v) is 11.0. The van der Waals surface area contributed by atoms with Gasteiger partial charge in [0.2, 0.25) is 0 Å². The Bertz CT molecular complexity index is 657. The lowest BCUT2D eigenvalue weighted by Gasteiger charge is -2.37. The quantitative estimate of drug-likeness (QED) is 0.561. The van der Waals surface area contributed by atoms with E-state index in [-0.39, 0.29) is 6.10 Å². The first-order valence-electron chi connectivity index (χ1n) is 9.20. The van der Waals surface area contributed by atoms with Gasteiger partial charge in [-0.05, 0) is 36.7 Å². The first kappa shape index (κ1) is 19.4. The van der Waals surface area contributed by atoms with Gasteiger partial charge < -0.3 is 15.4 Å². The third kappa shape index (κ3) is 5.54. The second-order valence-electron chi connectivity index (χ2n) is 6.36. The van der Waals surface area contributed by atoms with Crippen LogP contribution in [0.25, 0.3) is 0 Å². The highest BCUT2D eigenvalue weighted by Gasteiger charge is 2.26. The van der Waals surface area contributed by atoms with E-state index in [1.165, 1.54) is 9.75 Å². The largest absolute Gasteiger partial charge is 0.376 e. The molecule has 0 aromatic carbocycles. The Hall–Kier alpha value is -1.41. The van der Waals surface area contributed by atoms with E-state index in [1.54, 1.807) is 11.3 Å². The molecule has 5 nitrogen and oxygen atoms in total. The number of hydrogen-bond donors (Lipinski definition) is 2. The molecule has 0 amide bonds. The molecule has 2 N–H and O–H groups in total. The number of aliphatic imine (C=N–C) groups is 1. The molecule has 3 rings (SSSR count). The summed E-state index contributed by atoms with van der Waals surface area (Å²) in [6.07, 6.45) is 0.284. The van der Waals surface area contributed by atoms with Crippen LogP contribution in [-0.2, 0) is 11.3 Å². The van der Waals surface area contributed by atoms with Crippen molar-refractivity contribution in [1.82, 2.24) is 15.5 Å². The molecule has 1 saturated heterocycles. The molecule has 2 aromatic rings. The van der Waals surface area contributed by atoms with Crippen molar-refractivity contribution in [2.24, 2.45) is 4.99 Å². The van der Waals surface area contributed by atoms with Crippen molar-refractivity contribution in [2.45, 2.75) is 32.5 Å². The average Bonchev–Trinajstić information content (AvgIpc) is 3.34. The number of rotatable bonds is 7. The highest BCUT2D eigenvalue weighted by atomic mass is 32.1. The highest BCUT2D eigenvalue weighted by molar-refractivity contribution is 7.10. The Kier molecular flexibility index (Phi) is 7.49. The van der Waals surface area contributed by atoms with E-state index in [9.17, 15) is 0 Å². The van der Waals surface area contributed by atoms with Crippen LogP contribution in [0.4, 0.5) is 0 Å². The molecule has 0 saturated carbocycles. The fourth-order valence-corrected chi connectivity index (χ4v) is 4.60. The number of morpholine rings is 1. The monoisotopic (exact) mass is 392 g/mol. The minimum atomic E-state index is 0.284. The van der Waals surface area contributed by atoms with E-state index in [0.29, 0.717) is 12.6 Å². The molecule has 142 valence electrons. The Morgan fingerprint density at radius 1 is 1.31 bits per heavy atom. The van der Waals surface area contributed by atoms with Crippen molar-refractivity contribution in [1.29, 1.82) is 0 Å². The Morgan fingerprint density at radius 3 is 2.85 bits per heavy atom. The molecule has 1 aliphatic heterocycles. The Balaban J connectivity index is 1.65. The topological polar surface area (TPSA) is 48.9 Å². The van der Waals surface area contributed by atoms with Crippen molar-refractivity contribution in [3.05, 3.63) is 44.8 Å². The predicted octanol–water partition coefficient (Wildman–Crippen LogP) is 3.33. The van der Waals surface area contributed by atoms with Crippen molar-refractivity contribution in [2.75, 3.05) is 32.8 Å². The molecule has 0 aliphatic carbocycles. The second-order valence-corrected chi connectivity index (χ2v) is 8.37. The number of ether oxygens (including phenoxy) is 1. The van der Waals surface area contributed by atoms with Gasteiger partial charge in [0.15, 0.2) is 5.96 Å². The lowest BCUT2D eigenvalue weighted by molar-refractivity contribution is -0.0334. The molecule has 7 heteroatoms. The lowest BCUT2D eigenvalue weighted by atomic mass is 10.1. The summed E-state index contributed by atoms with van der Waals surface area (Å²) in [5.74, 6) is 0.878. The van der Waals surface area contributed by atoms with Gasteiger partial charge in [0.05, 0.1) is 25.3 Å². The summed E-state index contributed by atoms with van der Waals surface area (Å²) in [7, 11) is 0. The van der Waals surface area contributed by atoms with Crippen LogP contribution < -0.4 is 10.6 Å². The summed E-state index contributed by atoms with van der Waals surface area (Å²) in [6, 6.07) is 8.90. The van der Waals surface area contributed by atoms with E-state index in [4.69, 9.17) is 9.73 Å². The SMILES string of the molecule is CCNC(=NCc1cccs1)NCC(c1cccs1)N1CCOC(C)C1. The fourth-order valence-electron chi connectivity index (χ4n) is 3.11. The number of nitrogens with zero attached hydrogens (tertiary/aromatic N) is 2. The minimum Gasteiger partial charge on any atom is -0.376 e. The third-order valence-electron chi connectivity index (χ3n) is 4.37. The van der Waals surface area contributed by atoms with Crippen molar-refractivity contribution < 1.29 is 4.74 Å². The van der Waals surface area contributed by atoms with Crippen LogP contribution in [0.2, 0.25) is 0 Å². The second kappa shape index (κ2) is 10.1. The molecule has 0 radical (unpaired) electrons. The Morgan fingerprint density at radius 2 is 2.15 bits per heavy atom. The molecule has 0 spiro atoms. The molecule has 26 heavy (non-hydrogen) atoms. The molecule has 2 aromatic heterocycles. The van der Waals surface area contributed by atoms with Crippen LogP contribution >= 0.6 is 22.7 Å². The molecular formula is C19H28N4OS2. The van der Waals surface area contributed by atoms with Gasteiger partial charge in [-0.25, -0.2) is 4.99 Å². The standard InChI is InChI=1S/C19H28N4OS2/c1-3-20-19(21-12-16-6-4-10-25-16)22-13-17(18-7-5-11-26-18)23-8-9-24-15(2)14-23/h4-7,10-11,15,17H,3,8-9,12-14H2,1-2H3,(H2,20,21,22). The normalized spacial score (nSPS) is 20.1. The molecular weight excluding hydrogens is 364 g/mol. The van der Waals surface area contributed by atoms with Crippen LogP contribution in [-0.4, -0.2) is 49.7 Å². The predicted molar refractivity (Wildman–Crippen MR) is 111 cm³/mol. The van der Waals surface area contributed by atoms with Gasteiger partial charge >= 0.3 is 0 Å². The Labute approximate surface area is 164 Å². The molecule has 3 heterocycles. The van der Waals surface area contributed by atoms with Gasteiger partial charge in [0, 0.05) is 35.9 Å². The van der Waals surface area contributed by atoms with E-state index in [0.717, 1.165) is 38.7 Å². The zero-order chi connectivity index (χ0) is 18.2. The summed E-state index contributed by atoms with van der Waals surface area (Å²) < 4.78 is 5.73. The summed E-state index contributed by atoms with van der Waals surface area (Å²) >= 11 is 3.57. The van der Waals surface area contributed by atoms with Crippen LogP contribution in [0, 0.1) is 0 Å². The minimum absolute atomic E-state index is 0.284. The summed E-state index contributed by atoms with van der Waals surface area (Å²) in [5.41, 5.74) is 0. The maximum absolute atomic E-state index is 5.73. The van der Waals surface area contributed by atoms with Gasteiger partial charge in [-0.2, -0.15) is 0 Å². The maximum Gasteiger partial charge on any atom is 0.191 e. The first-order chi connectivity index (χ1) is 12.8. The van der Waals surface area contributed by atoms with Crippen molar-refractivity contribution in [3.8, 4) is 0 Å². The van der Waals surface area contributed by atoms with Crippen molar-refractivity contribution in [3.63, 3.8) is 0 Å². The van der Waals surface area contributed by atoms with Crippen LogP contribution in [0.3, 0.4) is 0 Å². The molecule has 2 atom stereocenters. The summed E-state index contributed by atoms with van der Waals surface area (Å²) in [4.78, 5) is 9.92. The fraction of sp³-hybridized carbons (Fsp3) is 0.526. The van der Waals surface area contributed by atoms with E-state index in [2.05, 4.69) is 64.4 Å². The molecule has 0 bridgehead atoms. The van der Waals surface area contributed by atoms with Crippen LogP contribution in [0.5, 0.6) is 0 Å². The van der Waals surface area contributed by atoms with Crippen molar-refractivity contribution >= 4 is 28.6 Å². The number of hydrogen-bond acceptors (Lipinski definition) is 5. The lowest BCUT2D eigenvalue weighted by Crippen LogP contribution is -2.48. The molecule has 1 aliphatic rings. The highest BCUT2D eigenvalue weighted by Crippen LogP contribution is 2.26. The smallest absolute Gasteiger partial charge is 0.191 e. The number of nitrogens with one attached hydrogen (secondary N) is 2. The summed E-state index contributed by atoms with van der Waals surface area (Å²) in [6.45, 7) is 9.39. The van der Waals surface area contributed by atoms with E-state index in [1.807, 2.05) is 11.3 Å². The van der Waals surface area contributed by atoms with Gasteiger partial charge in [0.1, 0.15) is 0 Å². The van der Waals surface area contributed by atoms with Gasteiger partial charge in [-0.15, -0.1) is 22.7 Å². The zero-order valence-corrected chi connectivity index (χ0v) is 17.1. The van der Waals surface area contributed by atoms with Gasteiger partial charge in [0.25, 0.3) is 0 Å². The third-order valence-corrected chi connectivity index (χ3v) is 6.20. The van der Waals surface area contributed by atoms with E-state index < -0.39 is 0 Å². The summed E-state index contributed by atoms with van der Waals surface area (Å²) in [5, 5.41) is 11.2. The zero-order valence-electron chi connectivity index (χ0n) is 15.5.